The van der Waals surface area contributed by atoms with E-state index in [4.69, 9.17) is 21.1 Å². The van der Waals surface area contributed by atoms with Crippen LogP contribution in [0.2, 0.25) is 0 Å². The number of amidine groups is 2. The van der Waals surface area contributed by atoms with Gasteiger partial charge in [0.2, 0.25) is 5.29 Å². The number of halogens is 1. The van der Waals surface area contributed by atoms with Crippen molar-refractivity contribution in [2.75, 3.05) is 39.4 Å². The Hall–Kier alpha value is -1.51. The number of rotatable bonds is 1. The summed E-state index contributed by atoms with van der Waals surface area (Å²) in [6.07, 6.45) is 4.87. The van der Waals surface area contributed by atoms with Gasteiger partial charge < -0.3 is 19.3 Å². The fourth-order valence-electron chi connectivity index (χ4n) is 3.72. The molecule has 29 heavy (non-hydrogen) atoms. The van der Waals surface area contributed by atoms with Crippen molar-refractivity contribution < 1.29 is 14.3 Å². The van der Waals surface area contributed by atoms with Gasteiger partial charge in [-0.3, -0.25) is 0 Å². The van der Waals surface area contributed by atoms with Crippen LogP contribution in [0.4, 0.5) is 4.79 Å². The summed E-state index contributed by atoms with van der Waals surface area (Å²) in [5.41, 5.74) is 0.782. The Morgan fingerprint density at radius 2 is 2.07 bits per heavy atom. The number of carbonyl (C=O) groups excluding carboxylic acids is 1. The normalized spacial score (nSPS) is 27.6. The Morgan fingerprint density at radius 1 is 1.31 bits per heavy atom. The number of nitrogens with zero attached hydrogens (tertiary/aromatic N) is 4. The lowest BCUT2D eigenvalue weighted by atomic mass is 10.1. The van der Waals surface area contributed by atoms with Gasteiger partial charge in [0, 0.05) is 31.1 Å². The average Bonchev–Trinajstić information content (AvgIpc) is 3.10. The van der Waals surface area contributed by atoms with E-state index in [-0.39, 0.29) is 17.4 Å². The molecule has 2 atom stereocenters. The zero-order valence-electron chi connectivity index (χ0n) is 17.1. The number of hydrogen-bond donors (Lipinski definition) is 0. The van der Waals surface area contributed by atoms with E-state index in [1.807, 2.05) is 20.8 Å². The van der Waals surface area contributed by atoms with Crippen LogP contribution in [0.15, 0.2) is 32.6 Å². The topological polar surface area (TPSA) is 66.7 Å². The number of thioether (sulfide) groups is 1. The van der Waals surface area contributed by atoms with Crippen LogP contribution in [-0.2, 0) is 9.47 Å². The Kier molecular flexibility index (Phi) is 5.95. The first-order valence-electron chi connectivity index (χ1n) is 10.0. The summed E-state index contributed by atoms with van der Waals surface area (Å²) in [6.45, 7) is 9.95. The summed E-state index contributed by atoms with van der Waals surface area (Å²) in [6, 6.07) is 0.00244. The Morgan fingerprint density at radius 3 is 2.72 bits per heavy atom. The van der Waals surface area contributed by atoms with Crippen LogP contribution in [-0.4, -0.2) is 83.3 Å². The fourth-order valence-corrected chi connectivity index (χ4v) is 5.33. The zero-order chi connectivity index (χ0) is 20.6. The lowest BCUT2D eigenvalue weighted by Crippen LogP contribution is -2.48. The van der Waals surface area contributed by atoms with E-state index in [0.29, 0.717) is 31.6 Å². The van der Waals surface area contributed by atoms with Gasteiger partial charge in [0.05, 0.1) is 24.5 Å². The van der Waals surface area contributed by atoms with Gasteiger partial charge in [-0.1, -0.05) is 6.08 Å². The second-order valence-corrected chi connectivity index (χ2v) is 9.95. The van der Waals surface area contributed by atoms with Crippen molar-refractivity contribution in [2.24, 2.45) is 9.98 Å². The highest BCUT2D eigenvalue weighted by Crippen LogP contribution is 2.43. The average molecular weight is 439 g/mol. The van der Waals surface area contributed by atoms with Crippen molar-refractivity contribution in [3.05, 3.63) is 22.6 Å². The molecule has 0 saturated carbocycles. The minimum Gasteiger partial charge on any atom is -0.444 e. The molecular weight excluding hydrogens is 412 g/mol. The minimum absolute atomic E-state index is 0.00244. The van der Waals surface area contributed by atoms with Crippen LogP contribution >= 0.6 is 23.4 Å². The predicted octanol–water partition coefficient (Wildman–Crippen LogP) is 3.26. The standard InChI is InChI=1S/C20H27ClN4O3S/c1-20(2,3)28-19(26)25-6-4-13(5-7-25)15-12-14-16(29-15)17(23-18(21)22-14)24-8-10-27-11-9-24/h4,12,14,16H,5-11H2,1-3H3. The third kappa shape index (κ3) is 4.81. The van der Waals surface area contributed by atoms with Gasteiger partial charge in [-0.05, 0) is 50.4 Å². The van der Waals surface area contributed by atoms with E-state index in [9.17, 15) is 4.79 Å². The Labute approximate surface area is 180 Å². The minimum atomic E-state index is -0.479. The molecule has 1 saturated heterocycles. The van der Waals surface area contributed by atoms with Crippen LogP contribution in [0, 0.1) is 0 Å². The number of ether oxygens (including phenoxy) is 2. The number of carbonyl (C=O) groups is 1. The van der Waals surface area contributed by atoms with Gasteiger partial charge in [-0.25, -0.2) is 14.8 Å². The summed E-state index contributed by atoms with van der Waals surface area (Å²) >= 11 is 8.03. The highest BCUT2D eigenvalue weighted by atomic mass is 35.5. The van der Waals surface area contributed by atoms with E-state index in [1.165, 1.54) is 10.5 Å². The van der Waals surface area contributed by atoms with Gasteiger partial charge in [0.25, 0.3) is 0 Å². The van der Waals surface area contributed by atoms with Crippen molar-refractivity contribution in [1.29, 1.82) is 0 Å². The lowest BCUT2D eigenvalue weighted by Gasteiger charge is -2.34. The molecule has 0 aliphatic carbocycles. The van der Waals surface area contributed by atoms with Crippen molar-refractivity contribution in [1.82, 2.24) is 9.80 Å². The summed E-state index contributed by atoms with van der Waals surface area (Å²) in [5.74, 6) is 1.00. The molecule has 4 rings (SSSR count). The van der Waals surface area contributed by atoms with Gasteiger partial charge in [-0.15, -0.1) is 11.8 Å². The molecule has 4 heterocycles. The van der Waals surface area contributed by atoms with Crippen molar-refractivity contribution >= 4 is 40.6 Å². The molecule has 0 spiro atoms. The van der Waals surface area contributed by atoms with Gasteiger partial charge in [-0.2, -0.15) is 0 Å². The second kappa shape index (κ2) is 8.32. The summed E-state index contributed by atoms with van der Waals surface area (Å²) in [5, 5.41) is 0.468. The summed E-state index contributed by atoms with van der Waals surface area (Å²) < 4.78 is 11.0. The molecule has 1 fully saturated rings. The smallest absolute Gasteiger partial charge is 0.410 e. The van der Waals surface area contributed by atoms with Gasteiger partial charge in [0.1, 0.15) is 11.4 Å². The maximum absolute atomic E-state index is 12.3. The molecule has 158 valence electrons. The monoisotopic (exact) mass is 438 g/mol. The predicted molar refractivity (Wildman–Crippen MR) is 117 cm³/mol. The number of aliphatic imine (C=N–C) groups is 2. The molecule has 4 aliphatic rings. The maximum atomic E-state index is 12.3. The van der Waals surface area contributed by atoms with Crippen LogP contribution in [0.1, 0.15) is 27.2 Å². The van der Waals surface area contributed by atoms with Crippen LogP contribution in [0.25, 0.3) is 0 Å². The van der Waals surface area contributed by atoms with Gasteiger partial charge >= 0.3 is 6.09 Å². The molecule has 0 radical (unpaired) electrons. The van der Waals surface area contributed by atoms with E-state index in [0.717, 1.165) is 25.3 Å². The number of hydrogen-bond acceptors (Lipinski definition) is 7. The summed E-state index contributed by atoms with van der Waals surface area (Å²) in [7, 11) is 0. The van der Waals surface area contributed by atoms with Crippen molar-refractivity contribution in [3.8, 4) is 0 Å². The maximum Gasteiger partial charge on any atom is 0.410 e. The van der Waals surface area contributed by atoms with Crippen LogP contribution in [0.3, 0.4) is 0 Å². The molecule has 7 nitrogen and oxygen atoms in total. The SMILES string of the molecule is CC(C)(C)OC(=O)N1CC=C(C2=CC3N=C(Cl)N=C(N4CCOCC4)C3S2)CC1. The molecule has 0 bridgehead atoms. The van der Waals surface area contributed by atoms with E-state index in [1.54, 1.807) is 16.7 Å². The first-order chi connectivity index (χ1) is 13.8. The van der Waals surface area contributed by atoms with Crippen molar-refractivity contribution in [3.63, 3.8) is 0 Å². The number of allylic oxidation sites excluding steroid dienone is 1. The lowest BCUT2D eigenvalue weighted by molar-refractivity contribution is 0.0266. The molecule has 0 aromatic heterocycles. The van der Waals surface area contributed by atoms with Crippen LogP contribution in [0.5, 0.6) is 0 Å². The molecular formula is C20H27ClN4O3S. The molecule has 0 N–H and O–H groups in total. The number of morpholine rings is 1. The molecule has 4 aliphatic heterocycles. The third-order valence-electron chi connectivity index (χ3n) is 5.12. The van der Waals surface area contributed by atoms with Crippen LogP contribution < -0.4 is 0 Å². The molecule has 2 unspecified atom stereocenters. The quantitative estimate of drug-likeness (QED) is 0.588. The molecule has 0 aromatic rings. The Bertz CT molecular complexity index is 796. The summed E-state index contributed by atoms with van der Waals surface area (Å²) in [4.78, 5) is 26.6. The highest BCUT2D eigenvalue weighted by Gasteiger charge is 2.39. The molecule has 9 heteroatoms. The highest BCUT2D eigenvalue weighted by molar-refractivity contribution is 8.05. The molecule has 0 aromatic carbocycles. The fraction of sp³-hybridized carbons (Fsp3) is 0.650. The van der Waals surface area contributed by atoms with E-state index in [2.05, 4.69) is 27.0 Å². The number of amides is 1. The van der Waals surface area contributed by atoms with E-state index < -0.39 is 5.60 Å². The van der Waals surface area contributed by atoms with Crippen molar-refractivity contribution in [2.45, 2.75) is 44.1 Å². The first kappa shape index (κ1) is 20.8. The zero-order valence-corrected chi connectivity index (χ0v) is 18.6. The Balaban J connectivity index is 1.43. The van der Waals surface area contributed by atoms with E-state index >= 15 is 0 Å². The third-order valence-corrected chi connectivity index (χ3v) is 6.69. The second-order valence-electron chi connectivity index (χ2n) is 8.43. The molecule has 1 amide bonds. The van der Waals surface area contributed by atoms with Gasteiger partial charge in [0.15, 0.2) is 0 Å². The largest absolute Gasteiger partial charge is 0.444 e. The first-order valence-corrected chi connectivity index (χ1v) is 11.3. The number of fused-ring (bicyclic) bond motifs is 1.